The molecule has 0 aromatic heterocycles. The number of nitro groups is 1. The molecule has 0 aromatic carbocycles. The standard InChI is InChI=1S/C45H71N5O9/c1-8-14-16-33(10-3)31-58-42-30-40(43(59-32-34(11-4)17-15-9-2)29-39(42)46-35-18-20-36(21-19-35)50(53)54)48-47-38-23-22-37(28-41(38)55-7)49(24-26-56-44(51)12-5)25-27-57-45(52)13-6/h12-13,18,20-23,29,33-35,37-42,46H,5-6,8-11,14-17,19,24-28,30-32H2,1-4,7H3. The molecule has 3 rings (SSSR count). The minimum absolute atomic E-state index is 0.104. The Morgan fingerprint density at radius 2 is 1.58 bits per heavy atom. The fourth-order valence-electron chi connectivity index (χ4n) is 7.53. The van der Waals surface area contributed by atoms with Crippen LogP contribution in [-0.2, 0) is 33.3 Å². The summed E-state index contributed by atoms with van der Waals surface area (Å²) in [5.41, 5.74) is 0.104. The maximum Gasteiger partial charge on any atom is 0.330 e. The third kappa shape index (κ3) is 17.3. The number of unbranched alkanes of at least 4 members (excludes halogenated alkanes) is 2. The number of carbonyl (C=O) groups is 2. The maximum atomic E-state index is 11.7. The molecule has 0 saturated heterocycles. The summed E-state index contributed by atoms with van der Waals surface area (Å²) < 4.78 is 30.0. The molecule has 0 aliphatic heterocycles. The summed E-state index contributed by atoms with van der Waals surface area (Å²) in [6.45, 7) is 18.1. The van der Waals surface area contributed by atoms with E-state index in [1.807, 2.05) is 12.2 Å². The van der Waals surface area contributed by atoms with Crippen molar-refractivity contribution >= 4 is 11.9 Å². The molecule has 0 aromatic rings. The van der Waals surface area contributed by atoms with E-state index < -0.39 is 11.9 Å². The number of ether oxygens (including phenoxy) is 5. The molecule has 9 atom stereocenters. The van der Waals surface area contributed by atoms with Gasteiger partial charge in [0.15, 0.2) is 0 Å². The maximum absolute atomic E-state index is 11.7. The third-order valence-corrected chi connectivity index (χ3v) is 11.4. The van der Waals surface area contributed by atoms with Crippen LogP contribution in [-0.4, -0.2) is 111 Å². The number of nitrogens with one attached hydrogen (secondary N) is 1. The molecule has 3 aliphatic rings. The first-order valence-electron chi connectivity index (χ1n) is 21.8. The van der Waals surface area contributed by atoms with E-state index in [1.54, 1.807) is 19.3 Å². The fourth-order valence-corrected chi connectivity index (χ4v) is 7.53. The Hall–Kier alpha value is -3.98. The predicted molar refractivity (Wildman–Crippen MR) is 229 cm³/mol. The summed E-state index contributed by atoms with van der Waals surface area (Å²) in [7, 11) is 1.66. The number of hydrogen-bond donors (Lipinski definition) is 1. The number of hydrogen-bond acceptors (Lipinski definition) is 13. The quantitative estimate of drug-likeness (QED) is 0.0195. The van der Waals surface area contributed by atoms with Gasteiger partial charge in [-0.05, 0) is 49.7 Å². The normalized spacial score (nSPS) is 25.2. The molecule has 0 amide bonds. The number of esters is 2. The monoisotopic (exact) mass is 826 g/mol. The zero-order chi connectivity index (χ0) is 43.0. The highest BCUT2D eigenvalue weighted by Crippen LogP contribution is 2.31. The number of methoxy groups -OCH3 is 1. The molecule has 0 radical (unpaired) electrons. The van der Waals surface area contributed by atoms with Gasteiger partial charge in [0.2, 0.25) is 0 Å². The van der Waals surface area contributed by atoms with Crippen molar-refractivity contribution in [2.45, 2.75) is 141 Å². The Bertz CT molecular complexity index is 1450. The van der Waals surface area contributed by atoms with Crippen molar-refractivity contribution in [2.75, 3.05) is 46.6 Å². The lowest BCUT2D eigenvalue weighted by atomic mass is 9.91. The first kappa shape index (κ1) is 49.4. The molecule has 14 heteroatoms. The minimum atomic E-state index is -0.505. The Morgan fingerprint density at radius 3 is 2.12 bits per heavy atom. The van der Waals surface area contributed by atoms with Crippen molar-refractivity contribution in [1.29, 1.82) is 0 Å². The van der Waals surface area contributed by atoms with Gasteiger partial charge in [0.25, 0.3) is 5.70 Å². The van der Waals surface area contributed by atoms with Crippen LogP contribution in [0.1, 0.15) is 98.3 Å². The molecule has 1 N–H and O–H groups in total. The highest BCUT2D eigenvalue weighted by atomic mass is 16.6. The number of allylic oxidation sites excluding steroid dienone is 1. The number of nitrogens with zero attached hydrogens (tertiary/aromatic N) is 4. The zero-order valence-corrected chi connectivity index (χ0v) is 36.2. The highest BCUT2D eigenvalue weighted by molar-refractivity contribution is 5.81. The van der Waals surface area contributed by atoms with Gasteiger partial charge in [-0.1, -0.05) is 97.6 Å². The van der Waals surface area contributed by atoms with Crippen LogP contribution in [0, 0.1) is 22.0 Å². The molecule has 59 heavy (non-hydrogen) atoms. The molecule has 0 heterocycles. The average Bonchev–Trinajstić information content (AvgIpc) is 3.25. The van der Waals surface area contributed by atoms with Crippen molar-refractivity contribution in [3.8, 4) is 0 Å². The lowest BCUT2D eigenvalue weighted by Gasteiger charge is -2.37. The Kier molecular flexibility index (Phi) is 23.2. The van der Waals surface area contributed by atoms with Crippen molar-refractivity contribution < 1.29 is 38.2 Å². The topological polar surface area (TPSA) is 163 Å². The van der Waals surface area contributed by atoms with E-state index in [-0.39, 0.29) is 66.3 Å². The number of carbonyl (C=O) groups excluding carboxylic acids is 2. The van der Waals surface area contributed by atoms with Gasteiger partial charge in [-0.2, -0.15) is 10.2 Å². The summed E-state index contributed by atoms with van der Waals surface area (Å²) in [6.07, 6.45) is 23.4. The van der Waals surface area contributed by atoms with Crippen LogP contribution in [0.3, 0.4) is 0 Å². The van der Waals surface area contributed by atoms with E-state index >= 15 is 0 Å². The Morgan fingerprint density at radius 1 is 0.932 bits per heavy atom. The van der Waals surface area contributed by atoms with Gasteiger partial charge < -0.3 is 29.0 Å². The van der Waals surface area contributed by atoms with Gasteiger partial charge in [-0.15, -0.1) is 0 Å². The van der Waals surface area contributed by atoms with Crippen LogP contribution in [0.15, 0.2) is 83.5 Å². The van der Waals surface area contributed by atoms with Gasteiger partial charge in [-0.3, -0.25) is 15.0 Å². The van der Waals surface area contributed by atoms with Crippen LogP contribution in [0.2, 0.25) is 0 Å². The first-order valence-corrected chi connectivity index (χ1v) is 21.8. The van der Waals surface area contributed by atoms with Gasteiger partial charge >= 0.3 is 11.9 Å². The molecule has 330 valence electrons. The van der Waals surface area contributed by atoms with Gasteiger partial charge in [-0.25, -0.2) is 9.59 Å². The van der Waals surface area contributed by atoms with Crippen LogP contribution in [0.25, 0.3) is 0 Å². The van der Waals surface area contributed by atoms with Gasteiger partial charge in [0, 0.05) is 63.5 Å². The summed E-state index contributed by atoms with van der Waals surface area (Å²) in [5.74, 6) is 0.584. The van der Waals surface area contributed by atoms with Crippen molar-refractivity contribution in [1.82, 2.24) is 10.2 Å². The van der Waals surface area contributed by atoms with Crippen molar-refractivity contribution in [3.05, 3.63) is 83.3 Å². The number of rotatable bonds is 29. The summed E-state index contributed by atoms with van der Waals surface area (Å²) in [5, 5.41) is 25.0. The largest absolute Gasteiger partial charge is 0.496 e. The molecule has 0 fully saturated rings. The van der Waals surface area contributed by atoms with E-state index in [1.165, 1.54) is 0 Å². The molecular weight excluding hydrogens is 755 g/mol. The van der Waals surface area contributed by atoms with Crippen LogP contribution < -0.4 is 5.32 Å². The first-order chi connectivity index (χ1) is 28.6. The third-order valence-electron chi connectivity index (χ3n) is 11.4. The SMILES string of the molecule is C=CC(=O)OCCN(CCOC(=O)C=C)C1C=CC(N=NC2CC(OCC(CC)CCCC)C(NC3C=CC([N+](=O)[O-])=CC3)C=C2OCC(CC)CCCC)C(OC)C1. The van der Waals surface area contributed by atoms with Crippen LogP contribution in [0.5, 0.6) is 0 Å². The van der Waals surface area contributed by atoms with E-state index in [9.17, 15) is 19.7 Å². The highest BCUT2D eigenvalue weighted by Gasteiger charge is 2.36. The molecule has 9 unspecified atom stereocenters. The smallest absolute Gasteiger partial charge is 0.330 e. The van der Waals surface area contributed by atoms with E-state index in [0.29, 0.717) is 57.4 Å². The molecular formula is C45H71N5O9. The average molecular weight is 826 g/mol. The zero-order valence-electron chi connectivity index (χ0n) is 36.2. The molecule has 0 spiro atoms. The Balaban J connectivity index is 1.91. The Labute approximate surface area is 352 Å². The molecule has 3 aliphatic carbocycles. The van der Waals surface area contributed by atoms with E-state index in [2.05, 4.69) is 63.2 Å². The second-order valence-corrected chi connectivity index (χ2v) is 15.6. The molecule has 0 bridgehead atoms. The second-order valence-electron chi connectivity index (χ2n) is 15.6. The minimum Gasteiger partial charge on any atom is -0.496 e. The van der Waals surface area contributed by atoms with Gasteiger partial charge in [0.1, 0.15) is 31.1 Å². The van der Waals surface area contributed by atoms with Crippen molar-refractivity contribution in [2.24, 2.45) is 22.1 Å². The predicted octanol–water partition coefficient (Wildman–Crippen LogP) is 7.85. The van der Waals surface area contributed by atoms with Crippen molar-refractivity contribution in [3.63, 3.8) is 0 Å². The number of azo groups is 1. The van der Waals surface area contributed by atoms with Gasteiger partial charge in [0.05, 0.1) is 29.8 Å². The fraction of sp³-hybridized carbons (Fsp3) is 0.689. The summed E-state index contributed by atoms with van der Waals surface area (Å²) in [6, 6.07) is -1.17. The summed E-state index contributed by atoms with van der Waals surface area (Å²) >= 11 is 0. The summed E-state index contributed by atoms with van der Waals surface area (Å²) in [4.78, 5) is 36.6. The molecule has 0 saturated carbocycles. The molecule has 14 nitrogen and oxygen atoms in total. The van der Waals surface area contributed by atoms with Crippen LogP contribution >= 0.6 is 0 Å². The lowest BCUT2D eigenvalue weighted by Crippen LogP contribution is -2.49. The second kappa shape index (κ2) is 27.7. The van der Waals surface area contributed by atoms with E-state index in [0.717, 1.165) is 69.3 Å². The lowest BCUT2D eigenvalue weighted by molar-refractivity contribution is -0.419. The van der Waals surface area contributed by atoms with Crippen LogP contribution in [0.4, 0.5) is 0 Å². The van der Waals surface area contributed by atoms with E-state index in [4.69, 9.17) is 33.9 Å².